The second-order valence-corrected chi connectivity index (χ2v) is 45.7. The lowest BCUT2D eigenvalue weighted by Gasteiger charge is -2.58. The molecular weight excluding hydrogens is 1720 g/mol. The van der Waals surface area contributed by atoms with Crippen LogP contribution in [0.4, 0.5) is 0 Å². The van der Waals surface area contributed by atoms with E-state index in [2.05, 4.69) is 294 Å². The first-order valence-corrected chi connectivity index (χ1v) is 17.7. The molecule has 0 aliphatic rings. The van der Waals surface area contributed by atoms with Gasteiger partial charge in [0.15, 0.2) is 0 Å². The van der Waals surface area contributed by atoms with Crippen LogP contribution in [0.25, 0.3) is 0 Å². The first kappa shape index (κ1) is 28.5. The van der Waals surface area contributed by atoms with E-state index in [9.17, 15) is 0 Å². The Bertz CT molecular complexity index is 277. The normalized spacial score (nSPS) is 16.1. The van der Waals surface area contributed by atoms with E-state index < -0.39 is 0 Å². The summed E-state index contributed by atoms with van der Waals surface area (Å²) in [5, 5.41) is 0. The van der Waals surface area contributed by atoms with Gasteiger partial charge in [-0.1, -0.05) is 294 Å². The molecule has 13 heteroatoms. The molecular formula is C6I13. The van der Waals surface area contributed by atoms with Crippen LogP contribution in [-0.4, -0.2) is -0.266 Å². The van der Waals surface area contributed by atoms with Crippen LogP contribution in [-0.2, 0) is 0 Å². The van der Waals surface area contributed by atoms with Crippen LogP contribution in [0.3, 0.4) is 0 Å². The fraction of sp³-hybridized carbons (Fsp3) is 0.833. The van der Waals surface area contributed by atoms with Crippen LogP contribution in [0, 0.1) is 7.35 Å². The molecule has 19 heavy (non-hydrogen) atoms. The van der Waals surface area contributed by atoms with Crippen molar-refractivity contribution in [2.45, 2.75) is -0.266 Å². The molecule has 115 valence electrons. The molecule has 0 aromatic heterocycles. The Morgan fingerprint density at radius 2 is 0.684 bits per heavy atom. The van der Waals surface area contributed by atoms with Crippen LogP contribution in [0.2, 0.25) is 0 Å². The van der Waals surface area contributed by atoms with Gasteiger partial charge in [-0.15, -0.1) is 0 Å². The minimum atomic E-state index is 0.0281. The van der Waals surface area contributed by atoms with Crippen molar-refractivity contribution in [2.24, 2.45) is 5.41 Å². The second kappa shape index (κ2) is 10.7. The Labute approximate surface area is 291 Å². The lowest BCUT2D eigenvalue weighted by Crippen LogP contribution is -2.63. The maximum atomic E-state index is 2.65. The van der Waals surface area contributed by atoms with E-state index in [-0.39, 0.29) is 5.15 Å². The zero-order valence-electron chi connectivity index (χ0n) is 7.91. The summed E-state index contributed by atoms with van der Waals surface area (Å²) in [6.45, 7) is 0. The molecule has 0 amide bonds. The van der Waals surface area contributed by atoms with Crippen molar-refractivity contribution in [3.05, 3.63) is 1.93 Å². The molecule has 0 bridgehead atoms. The molecule has 0 rings (SSSR count). The summed E-state index contributed by atoms with van der Waals surface area (Å²) in [5.74, 6) is 0. The van der Waals surface area contributed by atoms with Crippen LogP contribution in [0.15, 0.2) is 0 Å². The van der Waals surface area contributed by atoms with Crippen molar-refractivity contribution in [1.82, 2.24) is 0 Å². The lowest BCUT2D eigenvalue weighted by molar-refractivity contribution is 0.431. The van der Waals surface area contributed by atoms with E-state index in [4.69, 9.17) is 0 Å². The summed E-state index contributed by atoms with van der Waals surface area (Å²) in [6.07, 6.45) is 0. The highest BCUT2D eigenvalue weighted by atomic mass is 127. The molecule has 0 nitrogen and oxygen atoms in total. The van der Waals surface area contributed by atoms with E-state index in [0.717, 1.165) is 0 Å². The predicted octanol–water partition coefficient (Wildman–Crippen LogP) is 10.8. The molecule has 0 aromatic carbocycles. The zero-order chi connectivity index (χ0) is 16.1. The summed E-state index contributed by atoms with van der Waals surface area (Å²) in [7, 11) is 0. The molecule has 0 fully saturated rings. The molecule has 0 heterocycles. The molecule has 1 radical (unpaired) electrons. The predicted molar refractivity (Wildman–Crippen MR) is 199 cm³/mol. The minimum Gasteiger partial charge on any atom is -0.0638 e. The molecule has 0 atom stereocenters. The molecule has 0 aliphatic carbocycles. The van der Waals surface area contributed by atoms with Crippen molar-refractivity contribution in [3.63, 3.8) is 0 Å². The molecule has 0 spiro atoms. The van der Waals surface area contributed by atoms with Gasteiger partial charge in [0.25, 0.3) is 0 Å². The second-order valence-electron chi connectivity index (χ2n) is 3.08. The standard InChI is InChI=1S/C6I13/c7-1(8)2(9,10)3(4(11,12)13,5(14,15)16)6(17,18)19. The van der Waals surface area contributed by atoms with E-state index in [1.165, 1.54) is 1.93 Å². The quantitative estimate of drug-likeness (QED) is 0.190. The third-order valence-corrected chi connectivity index (χ3v) is 17.7. The SMILES string of the molecule is I[C](I)C(I)(I)C(C(I)(I)I)(C(I)(I)I)C(I)(I)I. The van der Waals surface area contributed by atoms with E-state index in [0.29, 0.717) is 0 Å². The topological polar surface area (TPSA) is 0 Å². The van der Waals surface area contributed by atoms with Gasteiger partial charge in [-0.25, -0.2) is 0 Å². The first-order valence-electron chi connectivity index (χ1n) is 3.71. The Morgan fingerprint density at radius 1 is 0.474 bits per heavy atom. The lowest BCUT2D eigenvalue weighted by atomic mass is 9.93. The maximum Gasteiger partial charge on any atom is 0.137 e. The van der Waals surface area contributed by atoms with Gasteiger partial charge in [-0.05, 0) is 0 Å². The summed E-state index contributed by atoms with van der Waals surface area (Å²) in [5.41, 5.74) is 0.0316. The third kappa shape index (κ3) is 6.74. The van der Waals surface area contributed by atoms with Crippen molar-refractivity contribution >= 4 is 294 Å². The number of rotatable bonds is 5. The van der Waals surface area contributed by atoms with Crippen molar-refractivity contribution < 1.29 is 0 Å². The highest BCUT2D eigenvalue weighted by molar-refractivity contribution is 14.3. The van der Waals surface area contributed by atoms with E-state index >= 15 is 0 Å². The highest BCUT2D eigenvalue weighted by Gasteiger charge is 2.76. The average molecular weight is 1720 g/mol. The molecule has 0 saturated heterocycles. The smallest absolute Gasteiger partial charge is 0.0638 e. The fourth-order valence-corrected chi connectivity index (χ4v) is 38.5. The van der Waals surface area contributed by atoms with E-state index in [1.807, 2.05) is 0 Å². The maximum absolute atomic E-state index is 2.65. The molecule has 0 N–H and O–H groups in total. The summed E-state index contributed by atoms with van der Waals surface area (Å²) < 4.78 is 1.63. The summed E-state index contributed by atoms with van der Waals surface area (Å²) >= 11 is 33.8. The monoisotopic (exact) mass is 1720 g/mol. The largest absolute Gasteiger partial charge is 0.137 e. The van der Waals surface area contributed by atoms with Gasteiger partial charge in [0.05, 0.1) is 5.41 Å². The number of hydrogen-bond donors (Lipinski definition) is 0. The van der Waals surface area contributed by atoms with Crippen LogP contribution in [0.1, 0.15) is 0 Å². The van der Waals surface area contributed by atoms with Crippen LogP contribution in [0.5, 0.6) is 0 Å². The fourth-order valence-electron chi connectivity index (χ4n) is 1.16. The van der Waals surface area contributed by atoms with Crippen LogP contribution >= 0.6 is 294 Å². The number of alkyl halides is 11. The number of hydrogen-bond acceptors (Lipinski definition) is 0. The Morgan fingerprint density at radius 3 is 0.737 bits per heavy atom. The van der Waals surface area contributed by atoms with Gasteiger partial charge in [0.2, 0.25) is 0 Å². The molecule has 0 aromatic rings. The van der Waals surface area contributed by atoms with Gasteiger partial charge in [0, 0.05) is 0 Å². The van der Waals surface area contributed by atoms with Crippen molar-refractivity contribution in [2.75, 3.05) is 0 Å². The average Bonchev–Trinajstić information content (AvgIpc) is 1.92. The van der Waals surface area contributed by atoms with Gasteiger partial charge >= 0.3 is 0 Å². The minimum absolute atomic E-state index is 0.0281. The van der Waals surface area contributed by atoms with Crippen LogP contribution < -0.4 is 0 Å². The molecule has 0 saturated carbocycles. The van der Waals surface area contributed by atoms with Crippen molar-refractivity contribution in [1.29, 1.82) is 0 Å². The first-order chi connectivity index (χ1) is 7.94. The Kier molecular flexibility index (Phi) is 16.0. The third-order valence-electron chi connectivity index (χ3n) is 1.98. The zero-order valence-corrected chi connectivity index (χ0v) is 36.0. The summed E-state index contributed by atoms with van der Waals surface area (Å²) in [6, 6.07) is 0. The number of halogens is 13. The van der Waals surface area contributed by atoms with Gasteiger partial charge < -0.3 is 0 Å². The van der Waals surface area contributed by atoms with Crippen molar-refractivity contribution in [3.8, 4) is 0 Å². The highest BCUT2D eigenvalue weighted by Crippen LogP contribution is 2.82. The van der Waals surface area contributed by atoms with E-state index in [1.54, 1.807) is 0 Å². The van der Waals surface area contributed by atoms with Gasteiger partial charge in [-0.3, -0.25) is 0 Å². The summed E-state index contributed by atoms with van der Waals surface area (Å²) in [4.78, 5) is 0. The Balaban J connectivity index is 6.63. The molecule has 0 unspecified atom stereocenters. The van der Waals surface area contributed by atoms with Gasteiger partial charge in [0.1, 0.15) is 1.67 Å². The Hall–Kier alpha value is 9.49. The molecule has 0 aliphatic heterocycles. The van der Waals surface area contributed by atoms with Gasteiger partial charge in [-0.2, -0.15) is 0 Å².